The molecule has 1 unspecified atom stereocenters. The van der Waals surface area contributed by atoms with Gasteiger partial charge in [0.2, 0.25) is 5.91 Å². The van der Waals surface area contributed by atoms with E-state index in [9.17, 15) is 9.59 Å². The minimum Gasteiger partial charge on any atom is -0.492 e. The van der Waals surface area contributed by atoms with Gasteiger partial charge in [0.25, 0.3) is 0 Å². The predicted octanol–water partition coefficient (Wildman–Crippen LogP) is 1.64. The van der Waals surface area contributed by atoms with Gasteiger partial charge in [0.15, 0.2) is 0 Å². The Morgan fingerprint density at radius 2 is 1.96 bits per heavy atom. The topological polar surface area (TPSA) is 70.1 Å². The molecule has 2 saturated heterocycles. The largest absolute Gasteiger partial charge is 0.492 e. The summed E-state index contributed by atoms with van der Waals surface area (Å²) < 4.78 is 5.96. The maximum absolute atomic E-state index is 11.9. The van der Waals surface area contributed by atoms with Crippen molar-refractivity contribution in [2.24, 2.45) is 5.92 Å². The van der Waals surface area contributed by atoms with Crippen molar-refractivity contribution in [1.29, 1.82) is 0 Å². The summed E-state index contributed by atoms with van der Waals surface area (Å²) in [6.45, 7) is 4.78. The molecular weight excluding hydrogens is 320 g/mol. The summed E-state index contributed by atoms with van der Waals surface area (Å²) in [4.78, 5) is 27.1. The van der Waals surface area contributed by atoms with Gasteiger partial charge in [-0.1, -0.05) is 18.2 Å². The number of ether oxygens (including phenoxy) is 1. The van der Waals surface area contributed by atoms with Crippen LogP contribution >= 0.6 is 0 Å². The van der Waals surface area contributed by atoms with Crippen molar-refractivity contribution in [1.82, 2.24) is 9.80 Å². The van der Waals surface area contributed by atoms with Crippen LogP contribution in [-0.2, 0) is 16.0 Å². The summed E-state index contributed by atoms with van der Waals surface area (Å²) in [5.41, 5.74) is 1.07. The van der Waals surface area contributed by atoms with Gasteiger partial charge in [-0.15, -0.1) is 0 Å². The molecule has 6 nitrogen and oxygen atoms in total. The molecule has 2 aliphatic rings. The number of rotatable bonds is 8. The number of likely N-dealkylation sites (tertiary alicyclic amines) is 2. The van der Waals surface area contributed by atoms with Crippen molar-refractivity contribution >= 4 is 11.9 Å². The van der Waals surface area contributed by atoms with Gasteiger partial charge in [-0.3, -0.25) is 14.5 Å². The van der Waals surface area contributed by atoms with Crippen molar-refractivity contribution < 1.29 is 19.4 Å². The first-order valence-electron chi connectivity index (χ1n) is 9.07. The molecule has 25 heavy (non-hydrogen) atoms. The maximum atomic E-state index is 11.9. The third-order valence-electron chi connectivity index (χ3n) is 5.05. The van der Waals surface area contributed by atoms with Crippen LogP contribution in [0.3, 0.4) is 0 Å². The molecule has 0 bridgehead atoms. The highest BCUT2D eigenvalue weighted by molar-refractivity contribution is 5.86. The van der Waals surface area contributed by atoms with Crippen LogP contribution in [0.2, 0.25) is 0 Å². The van der Waals surface area contributed by atoms with Crippen LogP contribution < -0.4 is 4.74 Å². The third kappa shape index (κ3) is 4.72. The van der Waals surface area contributed by atoms with E-state index in [0.717, 1.165) is 30.9 Å². The lowest BCUT2D eigenvalue weighted by Gasteiger charge is -2.19. The second-order valence-electron chi connectivity index (χ2n) is 6.83. The SMILES string of the molecule is O=C(O)C1CC(=O)N(CCc2ccccc2OCCN2CCCC2)C1. The Kier molecular flexibility index (Phi) is 5.91. The summed E-state index contributed by atoms with van der Waals surface area (Å²) >= 11 is 0. The Bertz CT molecular complexity index is 613. The van der Waals surface area contributed by atoms with E-state index in [-0.39, 0.29) is 12.3 Å². The van der Waals surface area contributed by atoms with Gasteiger partial charge in [-0.2, -0.15) is 0 Å². The van der Waals surface area contributed by atoms with Gasteiger partial charge in [-0.05, 0) is 44.0 Å². The molecule has 3 rings (SSSR count). The minimum absolute atomic E-state index is 0.0696. The minimum atomic E-state index is -0.888. The second kappa shape index (κ2) is 8.34. The summed E-state index contributed by atoms with van der Waals surface area (Å²) in [6.07, 6.45) is 3.34. The third-order valence-corrected chi connectivity index (χ3v) is 5.05. The molecule has 0 spiro atoms. The number of aliphatic carboxylic acids is 1. The van der Waals surface area contributed by atoms with Crippen LogP contribution in [-0.4, -0.2) is 66.1 Å². The van der Waals surface area contributed by atoms with Gasteiger partial charge in [-0.25, -0.2) is 0 Å². The van der Waals surface area contributed by atoms with Crippen molar-refractivity contribution in [3.63, 3.8) is 0 Å². The molecule has 0 aliphatic carbocycles. The molecule has 0 saturated carbocycles. The van der Waals surface area contributed by atoms with E-state index < -0.39 is 11.9 Å². The first-order valence-corrected chi connectivity index (χ1v) is 9.07. The van der Waals surface area contributed by atoms with Crippen LogP contribution in [0.15, 0.2) is 24.3 Å². The number of hydrogen-bond donors (Lipinski definition) is 1. The molecule has 2 heterocycles. The molecule has 2 aliphatic heterocycles. The van der Waals surface area contributed by atoms with Crippen LogP contribution in [0.1, 0.15) is 24.8 Å². The number of hydrogen-bond acceptors (Lipinski definition) is 4. The fourth-order valence-electron chi connectivity index (χ4n) is 3.55. The molecule has 136 valence electrons. The van der Waals surface area contributed by atoms with E-state index >= 15 is 0 Å². The molecule has 0 aromatic heterocycles. The van der Waals surface area contributed by atoms with Crippen molar-refractivity contribution in [3.8, 4) is 5.75 Å². The summed E-state index contributed by atoms with van der Waals surface area (Å²) in [6, 6.07) is 7.90. The fraction of sp³-hybridized carbons (Fsp3) is 0.579. The van der Waals surface area contributed by atoms with E-state index in [4.69, 9.17) is 9.84 Å². The van der Waals surface area contributed by atoms with Crippen LogP contribution in [0.4, 0.5) is 0 Å². The smallest absolute Gasteiger partial charge is 0.308 e. The summed E-state index contributed by atoms with van der Waals surface area (Å²) in [5, 5.41) is 9.06. The Labute approximate surface area is 148 Å². The van der Waals surface area contributed by atoms with Gasteiger partial charge >= 0.3 is 5.97 Å². The van der Waals surface area contributed by atoms with Crippen molar-refractivity contribution in [3.05, 3.63) is 29.8 Å². The average molecular weight is 346 g/mol. The first kappa shape index (κ1) is 17.7. The molecular formula is C19H26N2O4. The second-order valence-corrected chi connectivity index (χ2v) is 6.83. The summed E-state index contributed by atoms with van der Waals surface area (Å²) in [7, 11) is 0. The first-order chi connectivity index (χ1) is 12.1. The highest BCUT2D eigenvalue weighted by Gasteiger charge is 2.33. The number of carboxylic acid groups (broad SMARTS) is 1. The standard InChI is InChI=1S/C19H26N2O4/c22-18-13-16(19(23)24)14-21(18)10-7-15-5-1-2-6-17(15)25-12-11-20-8-3-4-9-20/h1-2,5-6,16H,3-4,7-14H2,(H,23,24). The van der Waals surface area contributed by atoms with Gasteiger partial charge in [0.1, 0.15) is 12.4 Å². The molecule has 1 amide bonds. The van der Waals surface area contributed by atoms with Crippen LogP contribution in [0.5, 0.6) is 5.75 Å². The number of carboxylic acids is 1. The van der Waals surface area contributed by atoms with Crippen LogP contribution in [0.25, 0.3) is 0 Å². The zero-order valence-corrected chi connectivity index (χ0v) is 14.5. The zero-order valence-electron chi connectivity index (χ0n) is 14.5. The molecule has 0 radical (unpaired) electrons. The molecule has 1 atom stereocenters. The number of para-hydroxylation sites is 1. The Balaban J connectivity index is 1.50. The van der Waals surface area contributed by atoms with E-state index in [1.165, 1.54) is 12.8 Å². The number of carbonyl (C=O) groups is 2. The number of carbonyl (C=O) groups excluding carboxylic acids is 1. The fourth-order valence-corrected chi connectivity index (χ4v) is 3.55. The summed E-state index contributed by atoms with van der Waals surface area (Å²) in [5.74, 6) is -0.663. The molecule has 1 N–H and O–H groups in total. The van der Waals surface area contributed by atoms with E-state index in [0.29, 0.717) is 26.1 Å². The van der Waals surface area contributed by atoms with E-state index in [2.05, 4.69) is 4.90 Å². The molecule has 1 aromatic carbocycles. The highest BCUT2D eigenvalue weighted by Crippen LogP contribution is 2.22. The predicted molar refractivity (Wildman–Crippen MR) is 93.6 cm³/mol. The number of amides is 1. The zero-order chi connectivity index (χ0) is 17.6. The van der Waals surface area contributed by atoms with Crippen molar-refractivity contribution in [2.45, 2.75) is 25.7 Å². The Morgan fingerprint density at radius 1 is 1.20 bits per heavy atom. The van der Waals surface area contributed by atoms with Crippen LogP contribution in [0, 0.1) is 5.92 Å². The lowest BCUT2D eigenvalue weighted by molar-refractivity contribution is -0.141. The highest BCUT2D eigenvalue weighted by atomic mass is 16.5. The lowest BCUT2D eigenvalue weighted by atomic mass is 10.1. The molecule has 2 fully saturated rings. The van der Waals surface area contributed by atoms with E-state index in [1.807, 2.05) is 24.3 Å². The number of benzene rings is 1. The maximum Gasteiger partial charge on any atom is 0.308 e. The quantitative estimate of drug-likeness (QED) is 0.775. The van der Waals surface area contributed by atoms with E-state index in [1.54, 1.807) is 4.90 Å². The average Bonchev–Trinajstić information content (AvgIpc) is 3.24. The Morgan fingerprint density at radius 3 is 2.68 bits per heavy atom. The van der Waals surface area contributed by atoms with Gasteiger partial charge < -0.3 is 14.7 Å². The number of nitrogens with zero attached hydrogens (tertiary/aromatic N) is 2. The monoisotopic (exact) mass is 346 g/mol. The Hall–Kier alpha value is -2.08. The molecule has 1 aromatic rings. The van der Waals surface area contributed by atoms with Gasteiger partial charge in [0, 0.05) is 26.1 Å². The lowest BCUT2D eigenvalue weighted by Crippen LogP contribution is -2.28. The molecule has 6 heteroatoms. The van der Waals surface area contributed by atoms with Gasteiger partial charge in [0.05, 0.1) is 5.92 Å². The normalized spacial score (nSPS) is 21.0. The van der Waals surface area contributed by atoms with Crippen molar-refractivity contribution in [2.75, 3.05) is 39.3 Å².